The molecule has 0 spiro atoms. The summed E-state index contributed by atoms with van der Waals surface area (Å²) in [5, 5.41) is 11.3. The second kappa shape index (κ2) is 10.8. The zero-order valence-corrected chi connectivity index (χ0v) is 20.8. The Morgan fingerprint density at radius 1 is 1.08 bits per heavy atom. The highest BCUT2D eigenvalue weighted by atomic mass is 35.5. The molecule has 4 rings (SSSR count). The number of hydrogen-bond acceptors (Lipinski definition) is 7. The van der Waals surface area contributed by atoms with Crippen molar-refractivity contribution in [1.29, 1.82) is 0 Å². The van der Waals surface area contributed by atoms with Crippen molar-refractivity contribution in [2.45, 2.75) is 20.5 Å². The largest absolute Gasteiger partial charge is 0.490 e. The van der Waals surface area contributed by atoms with Crippen LogP contribution >= 0.6 is 23.2 Å². The number of benzene rings is 3. The summed E-state index contributed by atoms with van der Waals surface area (Å²) in [5.41, 5.74) is 2.72. The summed E-state index contributed by atoms with van der Waals surface area (Å²) in [6.45, 7) is 4.52. The van der Waals surface area contributed by atoms with Crippen molar-refractivity contribution in [3.8, 4) is 11.5 Å². The Hall–Kier alpha value is -3.88. The molecule has 8 nitrogen and oxygen atoms in total. The average molecular weight is 527 g/mol. The second-order valence-electron chi connectivity index (χ2n) is 7.74. The predicted molar refractivity (Wildman–Crippen MR) is 137 cm³/mol. The Morgan fingerprint density at radius 2 is 1.86 bits per heavy atom. The first-order valence-corrected chi connectivity index (χ1v) is 11.6. The molecule has 1 aliphatic rings. The van der Waals surface area contributed by atoms with E-state index in [1.54, 1.807) is 12.1 Å². The minimum absolute atomic E-state index is 0.00603. The van der Waals surface area contributed by atoms with Crippen molar-refractivity contribution in [2.24, 2.45) is 4.99 Å². The van der Waals surface area contributed by atoms with Crippen LogP contribution in [0.3, 0.4) is 0 Å². The number of aryl methyl sites for hydroxylation is 1. The van der Waals surface area contributed by atoms with Gasteiger partial charge in [0.1, 0.15) is 6.61 Å². The molecule has 0 aliphatic carbocycles. The predicted octanol–water partition coefficient (Wildman–Crippen LogP) is 6.53. The summed E-state index contributed by atoms with van der Waals surface area (Å²) in [6.07, 6.45) is 1.49. The molecule has 0 amide bonds. The van der Waals surface area contributed by atoms with E-state index >= 15 is 0 Å². The van der Waals surface area contributed by atoms with E-state index in [0.717, 1.165) is 11.1 Å². The van der Waals surface area contributed by atoms with Crippen molar-refractivity contribution in [2.75, 3.05) is 6.61 Å². The van der Waals surface area contributed by atoms with Crippen LogP contribution < -0.4 is 9.47 Å². The molecule has 0 unspecified atom stereocenters. The van der Waals surface area contributed by atoms with Gasteiger partial charge in [0, 0.05) is 12.1 Å². The van der Waals surface area contributed by atoms with Crippen LogP contribution in [0, 0.1) is 17.0 Å². The lowest BCUT2D eigenvalue weighted by atomic mass is 10.1. The number of aliphatic imine (C=N–C) groups is 1. The first kappa shape index (κ1) is 25.2. The molecule has 0 radical (unpaired) electrons. The summed E-state index contributed by atoms with van der Waals surface area (Å²) in [4.78, 5) is 27.0. The molecule has 0 bridgehead atoms. The van der Waals surface area contributed by atoms with Gasteiger partial charge in [-0.1, -0.05) is 47.5 Å². The molecular weight excluding hydrogens is 507 g/mol. The molecule has 10 heteroatoms. The molecule has 0 atom stereocenters. The van der Waals surface area contributed by atoms with Gasteiger partial charge in [-0.15, -0.1) is 0 Å². The van der Waals surface area contributed by atoms with Crippen LogP contribution in [-0.2, 0) is 16.1 Å². The molecule has 3 aromatic rings. The van der Waals surface area contributed by atoms with E-state index in [4.69, 9.17) is 37.4 Å². The molecule has 0 N–H and O–H groups in total. The first-order valence-electron chi connectivity index (χ1n) is 10.9. The fourth-order valence-corrected chi connectivity index (χ4v) is 4.00. The third kappa shape index (κ3) is 5.50. The van der Waals surface area contributed by atoms with Crippen molar-refractivity contribution < 1.29 is 23.9 Å². The number of esters is 1. The molecular formula is C26H20Cl2N2O6. The van der Waals surface area contributed by atoms with E-state index < -0.39 is 10.9 Å². The number of nitro groups is 1. The maximum atomic E-state index is 12.5. The average Bonchev–Trinajstić information content (AvgIpc) is 3.19. The number of rotatable bonds is 8. The standard InChI is InChI=1S/C26H20Cl2N2O6/c1-3-34-23-12-16(10-21(28)24(23)35-14-17-7-5-4-6-15(17)2)11-22-26(31)36-25(29-22)19-9-8-18(30(32)33)13-20(19)27/h4-13H,3,14H2,1-2H3/b22-11-. The van der Waals surface area contributed by atoms with Gasteiger partial charge in [-0.25, -0.2) is 9.79 Å². The van der Waals surface area contributed by atoms with Crippen LogP contribution in [0.2, 0.25) is 10.0 Å². The van der Waals surface area contributed by atoms with Crippen molar-refractivity contribution in [1.82, 2.24) is 0 Å². The lowest BCUT2D eigenvalue weighted by Gasteiger charge is -2.15. The molecule has 0 aromatic heterocycles. The van der Waals surface area contributed by atoms with Crippen LogP contribution in [0.5, 0.6) is 11.5 Å². The van der Waals surface area contributed by atoms with Crippen LogP contribution in [0.1, 0.15) is 29.2 Å². The van der Waals surface area contributed by atoms with E-state index in [1.807, 2.05) is 38.1 Å². The van der Waals surface area contributed by atoms with Gasteiger partial charge < -0.3 is 14.2 Å². The van der Waals surface area contributed by atoms with Gasteiger partial charge in [0.2, 0.25) is 5.90 Å². The van der Waals surface area contributed by atoms with Gasteiger partial charge in [-0.2, -0.15) is 0 Å². The number of ether oxygens (including phenoxy) is 3. The van der Waals surface area contributed by atoms with Gasteiger partial charge >= 0.3 is 5.97 Å². The van der Waals surface area contributed by atoms with E-state index in [0.29, 0.717) is 35.3 Å². The van der Waals surface area contributed by atoms with Crippen molar-refractivity contribution >= 4 is 46.8 Å². The Kier molecular flexibility index (Phi) is 7.57. The van der Waals surface area contributed by atoms with Gasteiger partial charge in [-0.05, 0) is 54.8 Å². The first-order chi connectivity index (χ1) is 17.3. The van der Waals surface area contributed by atoms with Gasteiger partial charge in [-0.3, -0.25) is 10.1 Å². The fraction of sp³-hybridized carbons (Fsp3) is 0.154. The normalized spacial score (nSPS) is 13.9. The third-order valence-corrected chi connectivity index (χ3v) is 5.88. The molecule has 1 aliphatic heterocycles. The number of non-ortho nitro benzene ring substituents is 1. The SMILES string of the molecule is CCOc1cc(/C=C2\N=C(c3ccc([N+](=O)[O-])cc3Cl)OC2=O)cc(Cl)c1OCc1ccccc1C. The summed E-state index contributed by atoms with van der Waals surface area (Å²) in [5.74, 6) is 0.0491. The lowest BCUT2D eigenvalue weighted by Crippen LogP contribution is -2.06. The number of carbonyl (C=O) groups excluding carboxylic acids is 1. The zero-order chi connectivity index (χ0) is 25.8. The van der Waals surface area contributed by atoms with Crippen molar-refractivity contribution in [3.63, 3.8) is 0 Å². The van der Waals surface area contributed by atoms with Crippen molar-refractivity contribution in [3.05, 3.63) is 103 Å². The highest BCUT2D eigenvalue weighted by Gasteiger charge is 2.27. The monoisotopic (exact) mass is 526 g/mol. The maximum absolute atomic E-state index is 12.5. The quantitative estimate of drug-likeness (QED) is 0.143. The molecule has 0 saturated heterocycles. The number of halogens is 2. The summed E-state index contributed by atoms with van der Waals surface area (Å²) in [6, 6.07) is 15.0. The minimum Gasteiger partial charge on any atom is -0.490 e. The number of hydrogen-bond donors (Lipinski definition) is 0. The molecule has 184 valence electrons. The second-order valence-corrected chi connectivity index (χ2v) is 8.55. The molecule has 1 heterocycles. The molecule has 0 fully saturated rings. The highest BCUT2D eigenvalue weighted by Crippen LogP contribution is 2.38. The minimum atomic E-state index is -0.701. The van der Waals surface area contributed by atoms with E-state index in [-0.39, 0.29) is 27.9 Å². The van der Waals surface area contributed by atoms with Crippen LogP contribution in [0.15, 0.2) is 65.3 Å². The number of nitrogens with zero attached hydrogens (tertiary/aromatic N) is 2. The maximum Gasteiger partial charge on any atom is 0.363 e. The molecule has 0 saturated carbocycles. The Morgan fingerprint density at radius 3 is 2.56 bits per heavy atom. The zero-order valence-electron chi connectivity index (χ0n) is 19.3. The topological polar surface area (TPSA) is 100 Å². The Balaban J connectivity index is 1.63. The number of carbonyl (C=O) groups is 1. The Bertz CT molecular complexity index is 1420. The smallest absolute Gasteiger partial charge is 0.363 e. The highest BCUT2D eigenvalue weighted by molar-refractivity contribution is 6.35. The van der Waals surface area contributed by atoms with Crippen LogP contribution in [0.4, 0.5) is 5.69 Å². The summed E-state index contributed by atoms with van der Waals surface area (Å²) >= 11 is 12.7. The van der Waals surface area contributed by atoms with E-state index in [2.05, 4.69) is 4.99 Å². The lowest BCUT2D eigenvalue weighted by molar-refractivity contribution is -0.384. The van der Waals surface area contributed by atoms with Gasteiger partial charge in [0.05, 0.1) is 27.1 Å². The molecule has 36 heavy (non-hydrogen) atoms. The van der Waals surface area contributed by atoms with Crippen LogP contribution in [-0.4, -0.2) is 23.4 Å². The summed E-state index contributed by atoms with van der Waals surface area (Å²) < 4.78 is 17.0. The molecule has 3 aromatic carbocycles. The third-order valence-electron chi connectivity index (χ3n) is 5.28. The van der Waals surface area contributed by atoms with E-state index in [9.17, 15) is 14.9 Å². The van der Waals surface area contributed by atoms with Gasteiger partial charge in [0.15, 0.2) is 17.2 Å². The van der Waals surface area contributed by atoms with Crippen LogP contribution in [0.25, 0.3) is 6.08 Å². The summed E-state index contributed by atoms with van der Waals surface area (Å²) in [7, 11) is 0. The fourth-order valence-electron chi connectivity index (χ4n) is 3.47. The number of nitro benzene ring substituents is 1. The van der Waals surface area contributed by atoms with E-state index in [1.165, 1.54) is 24.3 Å². The van der Waals surface area contributed by atoms with Gasteiger partial charge in [0.25, 0.3) is 5.69 Å². The Labute approximate surface area is 216 Å². The number of cyclic esters (lactones) is 1.